The van der Waals surface area contributed by atoms with Gasteiger partial charge in [0, 0.05) is 18.0 Å². The van der Waals surface area contributed by atoms with E-state index in [9.17, 15) is 13.2 Å². The SMILES string of the molecule is Cc1ccncc1-c1cccc(C(F)(F)F)c1. The fourth-order valence-electron chi connectivity index (χ4n) is 1.63. The number of benzene rings is 1. The third kappa shape index (κ3) is 2.46. The van der Waals surface area contributed by atoms with Crippen molar-refractivity contribution in [3.8, 4) is 11.1 Å². The van der Waals surface area contributed by atoms with Gasteiger partial charge in [0.1, 0.15) is 0 Å². The summed E-state index contributed by atoms with van der Waals surface area (Å²) in [5.74, 6) is 0. The first-order valence-corrected chi connectivity index (χ1v) is 5.07. The maximum absolute atomic E-state index is 12.6. The van der Waals surface area contributed by atoms with Crippen molar-refractivity contribution in [1.29, 1.82) is 0 Å². The lowest BCUT2D eigenvalue weighted by atomic mass is 10.0. The molecule has 0 spiro atoms. The standard InChI is InChI=1S/C13H10F3N/c1-9-5-6-17-8-12(9)10-3-2-4-11(7-10)13(14,15)16/h2-8H,1H3. The monoisotopic (exact) mass is 237 g/mol. The van der Waals surface area contributed by atoms with Crippen LogP contribution in [-0.2, 0) is 6.18 Å². The van der Waals surface area contributed by atoms with Crippen LogP contribution in [0.4, 0.5) is 13.2 Å². The summed E-state index contributed by atoms with van der Waals surface area (Å²) in [5.41, 5.74) is 1.52. The van der Waals surface area contributed by atoms with Crippen molar-refractivity contribution in [2.45, 2.75) is 13.1 Å². The quantitative estimate of drug-likeness (QED) is 0.728. The van der Waals surface area contributed by atoms with Gasteiger partial charge in [0.2, 0.25) is 0 Å². The fourth-order valence-corrected chi connectivity index (χ4v) is 1.63. The van der Waals surface area contributed by atoms with Crippen LogP contribution in [0.1, 0.15) is 11.1 Å². The minimum absolute atomic E-state index is 0.533. The molecule has 0 saturated carbocycles. The van der Waals surface area contributed by atoms with E-state index in [2.05, 4.69) is 4.98 Å². The summed E-state index contributed by atoms with van der Waals surface area (Å²) in [7, 11) is 0. The van der Waals surface area contributed by atoms with Crippen molar-refractivity contribution in [2.75, 3.05) is 0 Å². The molecule has 0 aliphatic carbocycles. The number of nitrogens with zero attached hydrogens (tertiary/aromatic N) is 1. The van der Waals surface area contributed by atoms with E-state index in [1.807, 2.05) is 6.92 Å². The molecule has 0 saturated heterocycles. The number of aryl methyl sites for hydroxylation is 1. The summed E-state index contributed by atoms with van der Waals surface area (Å²) >= 11 is 0. The van der Waals surface area contributed by atoms with Crippen LogP contribution in [0.5, 0.6) is 0 Å². The molecule has 0 unspecified atom stereocenters. The zero-order chi connectivity index (χ0) is 12.5. The van der Waals surface area contributed by atoms with Crippen LogP contribution in [-0.4, -0.2) is 4.98 Å². The minimum Gasteiger partial charge on any atom is -0.264 e. The number of pyridine rings is 1. The third-order valence-corrected chi connectivity index (χ3v) is 2.54. The van der Waals surface area contributed by atoms with Crippen molar-refractivity contribution in [3.63, 3.8) is 0 Å². The molecular weight excluding hydrogens is 227 g/mol. The second kappa shape index (κ2) is 4.20. The van der Waals surface area contributed by atoms with Crippen LogP contribution in [0.3, 0.4) is 0 Å². The van der Waals surface area contributed by atoms with Crippen molar-refractivity contribution in [2.24, 2.45) is 0 Å². The Kier molecular flexibility index (Phi) is 2.88. The van der Waals surface area contributed by atoms with Gasteiger partial charge in [-0.25, -0.2) is 0 Å². The molecule has 0 N–H and O–H groups in total. The number of hydrogen-bond donors (Lipinski definition) is 0. The van der Waals surface area contributed by atoms with Gasteiger partial charge in [-0.1, -0.05) is 12.1 Å². The third-order valence-electron chi connectivity index (χ3n) is 2.54. The van der Waals surface area contributed by atoms with Gasteiger partial charge in [-0.3, -0.25) is 4.98 Å². The van der Waals surface area contributed by atoms with Crippen LogP contribution < -0.4 is 0 Å². The Morgan fingerprint density at radius 1 is 1.12 bits per heavy atom. The zero-order valence-electron chi connectivity index (χ0n) is 9.12. The van der Waals surface area contributed by atoms with Gasteiger partial charge in [-0.2, -0.15) is 13.2 Å². The van der Waals surface area contributed by atoms with Gasteiger partial charge in [0.25, 0.3) is 0 Å². The molecule has 2 aromatic rings. The average molecular weight is 237 g/mol. The molecule has 0 amide bonds. The Morgan fingerprint density at radius 3 is 2.53 bits per heavy atom. The Morgan fingerprint density at radius 2 is 1.88 bits per heavy atom. The molecule has 2 rings (SSSR count). The van der Waals surface area contributed by atoms with Gasteiger partial charge in [0.05, 0.1) is 5.56 Å². The summed E-state index contributed by atoms with van der Waals surface area (Å²) in [6.45, 7) is 1.84. The lowest BCUT2D eigenvalue weighted by Gasteiger charge is -2.10. The minimum atomic E-state index is -4.31. The van der Waals surface area contributed by atoms with Crippen molar-refractivity contribution in [1.82, 2.24) is 4.98 Å². The van der Waals surface area contributed by atoms with Crippen molar-refractivity contribution >= 4 is 0 Å². The number of halogens is 3. The number of alkyl halides is 3. The summed E-state index contributed by atoms with van der Waals surface area (Å²) < 4.78 is 37.7. The lowest BCUT2D eigenvalue weighted by Crippen LogP contribution is -2.04. The highest BCUT2D eigenvalue weighted by atomic mass is 19.4. The molecule has 1 nitrogen and oxygen atoms in total. The van der Waals surface area contributed by atoms with Gasteiger partial charge in [0.15, 0.2) is 0 Å². The molecule has 0 bridgehead atoms. The summed E-state index contributed by atoms with van der Waals surface area (Å²) in [5, 5.41) is 0. The molecule has 0 aliphatic rings. The smallest absolute Gasteiger partial charge is 0.264 e. The molecule has 1 aromatic heterocycles. The van der Waals surface area contributed by atoms with Gasteiger partial charge >= 0.3 is 6.18 Å². The van der Waals surface area contributed by atoms with E-state index >= 15 is 0 Å². The number of aromatic nitrogens is 1. The molecular formula is C13H10F3N. The number of hydrogen-bond acceptors (Lipinski definition) is 1. The first kappa shape index (κ1) is 11.6. The molecule has 0 fully saturated rings. The van der Waals surface area contributed by atoms with Gasteiger partial charge < -0.3 is 0 Å². The van der Waals surface area contributed by atoms with Crippen LogP contribution in [0.25, 0.3) is 11.1 Å². The fraction of sp³-hybridized carbons (Fsp3) is 0.154. The van der Waals surface area contributed by atoms with Crippen LogP contribution in [0, 0.1) is 6.92 Å². The molecule has 1 heterocycles. The average Bonchev–Trinajstić information content (AvgIpc) is 2.29. The zero-order valence-corrected chi connectivity index (χ0v) is 9.12. The van der Waals surface area contributed by atoms with Crippen molar-refractivity contribution in [3.05, 3.63) is 53.9 Å². The van der Waals surface area contributed by atoms with E-state index in [1.54, 1.807) is 24.5 Å². The molecule has 0 aliphatic heterocycles. The maximum Gasteiger partial charge on any atom is 0.416 e. The van der Waals surface area contributed by atoms with E-state index in [4.69, 9.17) is 0 Å². The topological polar surface area (TPSA) is 12.9 Å². The van der Waals surface area contributed by atoms with Crippen LogP contribution in [0.2, 0.25) is 0 Å². The summed E-state index contributed by atoms with van der Waals surface area (Å²) in [6.07, 6.45) is -1.12. The highest BCUT2D eigenvalue weighted by Crippen LogP contribution is 2.32. The molecule has 4 heteroatoms. The molecule has 0 radical (unpaired) electrons. The molecule has 1 aromatic carbocycles. The lowest BCUT2D eigenvalue weighted by molar-refractivity contribution is -0.137. The summed E-state index contributed by atoms with van der Waals surface area (Å²) in [6, 6.07) is 7.04. The number of rotatable bonds is 1. The Bertz CT molecular complexity index is 532. The van der Waals surface area contributed by atoms with Crippen LogP contribution in [0.15, 0.2) is 42.7 Å². The Hall–Kier alpha value is -1.84. The predicted molar refractivity (Wildman–Crippen MR) is 59.4 cm³/mol. The summed E-state index contributed by atoms with van der Waals surface area (Å²) in [4.78, 5) is 3.93. The molecule has 88 valence electrons. The van der Waals surface area contributed by atoms with E-state index in [-0.39, 0.29) is 0 Å². The highest BCUT2D eigenvalue weighted by molar-refractivity contribution is 5.66. The predicted octanol–water partition coefficient (Wildman–Crippen LogP) is 4.08. The van der Waals surface area contributed by atoms with E-state index in [0.717, 1.165) is 23.3 Å². The van der Waals surface area contributed by atoms with E-state index in [0.29, 0.717) is 5.56 Å². The van der Waals surface area contributed by atoms with Crippen molar-refractivity contribution < 1.29 is 13.2 Å². The second-order valence-electron chi connectivity index (χ2n) is 3.77. The maximum atomic E-state index is 12.6. The highest BCUT2D eigenvalue weighted by Gasteiger charge is 2.30. The van der Waals surface area contributed by atoms with Crippen LogP contribution >= 0.6 is 0 Å². The van der Waals surface area contributed by atoms with E-state index in [1.165, 1.54) is 6.07 Å². The molecule has 17 heavy (non-hydrogen) atoms. The largest absolute Gasteiger partial charge is 0.416 e. The Labute approximate surface area is 96.9 Å². The normalized spacial score (nSPS) is 11.5. The van der Waals surface area contributed by atoms with Gasteiger partial charge in [-0.15, -0.1) is 0 Å². The molecule has 0 atom stereocenters. The van der Waals surface area contributed by atoms with Gasteiger partial charge in [-0.05, 0) is 36.2 Å². The Balaban J connectivity index is 2.51. The first-order chi connectivity index (χ1) is 7.98. The first-order valence-electron chi connectivity index (χ1n) is 5.07. The van der Waals surface area contributed by atoms with E-state index < -0.39 is 11.7 Å². The second-order valence-corrected chi connectivity index (χ2v) is 3.77.